The minimum atomic E-state index is -0.517. The number of carbonyl (C=O) groups excluding carboxylic acids is 2. The van der Waals surface area contributed by atoms with E-state index in [4.69, 9.17) is 25.8 Å². The van der Waals surface area contributed by atoms with Crippen LogP contribution in [-0.4, -0.2) is 52.0 Å². The van der Waals surface area contributed by atoms with Crippen molar-refractivity contribution in [3.05, 3.63) is 23.2 Å². The number of esters is 1. The van der Waals surface area contributed by atoms with Crippen LogP contribution >= 0.6 is 11.6 Å². The summed E-state index contributed by atoms with van der Waals surface area (Å²) >= 11 is 5.95. The molecule has 0 radical (unpaired) electrons. The average Bonchev–Trinajstić information content (AvgIpc) is 2.49. The Morgan fingerprint density at radius 1 is 1.45 bits per heavy atom. The molecule has 0 atom stereocenters. The molecule has 7 nitrogen and oxygen atoms in total. The summed E-state index contributed by atoms with van der Waals surface area (Å²) in [4.78, 5) is 25.2. The Balaban J connectivity index is 2.02. The van der Waals surface area contributed by atoms with Crippen LogP contribution in [0.1, 0.15) is 0 Å². The Labute approximate surface area is 133 Å². The van der Waals surface area contributed by atoms with E-state index in [0.29, 0.717) is 16.5 Å². The van der Waals surface area contributed by atoms with E-state index in [-0.39, 0.29) is 25.5 Å². The first-order valence-corrected chi connectivity index (χ1v) is 6.98. The molecule has 0 saturated carbocycles. The lowest BCUT2D eigenvalue weighted by Crippen LogP contribution is -2.45. The zero-order valence-electron chi connectivity index (χ0n) is 12.3. The zero-order chi connectivity index (χ0) is 16.1. The van der Waals surface area contributed by atoms with Gasteiger partial charge in [0.05, 0.1) is 18.8 Å². The normalized spacial score (nSPS) is 13.8. The van der Waals surface area contributed by atoms with Gasteiger partial charge in [0.1, 0.15) is 6.54 Å². The molecule has 22 heavy (non-hydrogen) atoms. The van der Waals surface area contributed by atoms with Crippen molar-refractivity contribution in [1.82, 2.24) is 5.32 Å². The molecule has 1 heterocycles. The van der Waals surface area contributed by atoms with Crippen LogP contribution in [0.25, 0.3) is 0 Å². The van der Waals surface area contributed by atoms with Crippen LogP contribution in [0.4, 0.5) is 5.69 Å². The SMILES string of the molecule is COC(CNC(=O)CN1CC(=O)Oc2ccc(Cl)cc21)OC. The smallest absolute Gasteiger partial charge is 0.331 e. The van der Waals surface area contributed by atoms with Gasteiger partial charge in [0.2, 0.25) is 5.91 Å². The van der Waals surface area contributed by atoms with Crippen molar-refractivity contribution in [3.63, 3.8) is 0 Å². The third-order valence-electron chi connectivity index (χ3n) is 3.13. The topological polar surface area (TPSA) is 77.1 Å². The third-order valence-corrected chi connectivity index (χ3v) is 3.37. The van der Waals surface area contributed by atoms with Gasteiger partial charge in [-0.05, 0) is 18.2 Å². The van der Waals surface area contributed by atoms with E-state index >= 15 is 0 Å². The highest BCUT2D eigenvalue weighted by Crippen LogP contribution is 2.34. The first-order valence-electron chi connectivity index (χ1n) is 6.61. The molecule has 0 unspecified atom stereocenters. The van der Waals surface area contributed by atoms with E-state index in [0.717, 1.165) is 0 Å². The molecule has 1 aliphatic heterocycles. The van der Waals surface area contributed by atoms with Gasteiger partial charge >= 0.3 is 5.97 Å². The van der Waals surface area contributed by atoms with Crippen LogP contribution in [0.15, 0.2) is 18.2 Å². The number of amides is 1. The van der Waals surface area contributed by atoms with Crippen LogP contribution in [-0.2, 0) is 19.1 Å². The number of rotatable bonds is 6. The van der Waals surface area contributed by atoms with Crippen LogP contribution in [0.2, 0.25) is 5.02 Å². The molecule has 0 spiro atoms. The lowest BCUT2D eigenvalue weighted by molar-refractivity contribution is -0.133. The molecule has 1 N–H and O–H groups in total. The average molecular weight is 329 g/mol. The second-order valence-electron chi connectivity index (χ2n) is 4.65. The fourth-order valence-electron chi connectivity index (χ4n) is 2.05. The van der Waals surface area contributed by atoms with Gasteiger partial charge < -0.3 is 24.4 Å². The molecular weight excluding hydrogens is 312 g/mol. The fourth-order valence-corrected chi connectivity index (χ4v) is 2.22. The second kappa shape index (κ2) is 7.44. The lowest BCUT2D eigenvalue weighted by Gasteiger charge is -2.29. The van der Waals surface area contributed by atoms with Crippen molar-refractivity contribution in [1.29, 1.82) is 0 Å². The predicted octanol–water partition coefficient (Wildman–Crippen LogP) is 0.801. The van der Waals surface area contributed by atoms with Crippen LogP contribution in [0.3, 0.4) is 0 Å². The van der Waals surface area contributed by atoms with Crippen LogP contribution in [0, 0.1) is 0 Å². The standard InChI is InChI=1S/C14H17ClN2O5/c1-20-14(21-2)6-16-12(18)7-17-8-13(19)22-11-4-3-9(15)5-10(11)17/h3-5,14H,6-8H2,1-2H3,(H,16,18). The number of benzene rings is 1. The van der Waals surface area contributed by atoms with Gasteiger partial charge in [-0.15, -0.1) is 0 Å². The van der Waals surface area contributed by atoms with E-state index < -0.39 is 12.3 Å². The number of methoxy groups -OCH3 is 2. The van der Waals surface area contributed by atoms with E-state index in [1.807, 2.05) is 0 Å². The minimum absolute atomic E-state index is 0.00257. The Morgan fingerprint density at radius 3 is 2.86 bits per heavy atom. The van der Waals surface area contributed by atoms with Gasteiger partial charge in [0.25, 0.3) is 0 Å². The van der Waals surface area contributed by atoms with Crippen molar-refractivity contribution >= 4 is 29.2 Å². The lowest BCUT2D eigenvalue weighted by atomic mass is 10.2. The highest BCUT2D eigenvalue weighted by molar-refractivity contribution is 6.31. The maximum atomic E-state index is 12.0. The van der Waals surface area contributed by atoms with Crippen molar-refractivity contribution in [3.8, 4) is 5.75 Å². The molecule has 1 aromatic rings. The number of fused-ring (bicyclic) bond motifs is 1. The number of carbonyl (C=O) groups is 2. The summed E-state index contributed by atoms with van der Waals surface area (Å²) in [5.41, 5.74) is 0.609. The van der Waals surface area contributed by atoms with Crippen molar-refractivity contribution < 1.29 is 23.8 Å². The minimum Gasteiger partial charge on any atom is -0.423 e. The van der Waals surface area contributed by atoms with Gasteiger partial charge in [0, 0.05) is 19.2 Å². The molecule has 1 aliphatic rings. The number of halogens is 1. The number of nitrogens with zero attached hydrogens (tertiary/aromatic N) is 1. The van der Waals surface area contributed by atoms with Gasteiger partial charge in [-0.25, -0.2) is 4.79 Å². The second-order valence-corrected chi connectivity index (χ2v) is 5.08. The summed E-state index contributed by atoms with van der Waals surface area (Å²) in [7, 11) is 2.97. The summed E-state index contributed by atoms with van der Waals surface area (Å²) in [6.45, 7) is 0.202. The highest BCUT2D eigenvalue weighted by Gasteiger charge is 2.26. The quantitative estimate of drug-likeness (QED) is 0.473. The summed E-state index contributed by atoms with van der Waals surface area (Å²) in [5, 5.41) is 3.18. The van der Waals surface area contributed by atoms with Crippen molar-refractivity contribution in [2.75, 3.05) is 38.8 Å². The predicted molar refractivity (Wildman–Crippen MR) is 80.1 cm³/mol. The fraction of sp³-hybridized carbons (Fsp3) is 0.429. The summed E-state index contributed by atoms with van der Waals surface area (Å²) in [6, 6.07) is 4.88. The van der Waals surface area contributed by atoms with E-state index in [1.54, 1.807) is 23.1 Å². The first-order chi connectivity index (χ1) is 10.5. The Kier molecular flexibility index (Phi) is 5.59. The molecule has 0 bridgehead atoms. The number of hydrogen-bond acceptors (Lipinski definition) is 6. The molecule has 1 amide bonds. The maximum Gasteiger partial charge on any atom is 0.331 e. The van der Waals surface area contributed by atoms with Crippen molar-refractivity contribution in [2.24, 2.45) is 0 Å². The maximum absolute atomic E-state index is 12.0. The van der Waals surface area contributed by atoms with Crippen molar-refractivity contribution in [2.45, 2.75) is 6.29 Å². The Hall–Kier alpha value is -1.83. The molecule has 120 valence electrons. The van der Waals surface area contributed by atoms with Gasteiger partial charge in [-0.2, -0.15) is 0 Å². The largest absolute Gasteiger partial charge is 0.423 e. The molecular formula is C14H17ClN2O5. The Bertz CT molecular complexity index is 562. The number of hydrogen-bond donors (Lipinski definition) is 1. The molecule has 0 aromatic heterocycles. The number of anilines is 1. The van der Waals surface area contributed by atoms with Crippen LogP contribution in [0.5, 0.6) is 5.75 Å². The molecule has 2 rings (SSSR count). The monoisotopic (exact) mass is 328 g/mol. The van der Waals surface area contributed by atoms with E-state index in [2.05, 4.69) is 5.32 Å². The third kappa shape index (κ3) is 4.09. The molecule has 1 aromatic carbocycles. The summed E-state index contributed by atoms with van der Waals surface area (Å²) in [5.74, 6) is -0.297. The molecule has 0 aliphatic carbocycles. The van der Waals surface area contributed by atoms with Gasteiger partial charge in [0.15, 0.2) is 12.0 Å². The Morgan fingerprint density at radius 2 is 2.18 bits per heavy atom. The van der Waals surface area contributed by atoms with Gasteiger partial charge in [-0.1, -0.05) is 11.6 Å². The van der Waals surface area contributed by atoms with Gasteiger partial charge in [-0.3, -0.25) is 4.79 Å². The molecule has 8 heteroatoms. The summed E-state index contributed by atoms with van der Waals surface area (Å²) < 4.78 is 15.1. The first kappa shape index (κ1) is 16.5. The highest BCUT2D eigenvalue weighted by atomic mass is 35.5. The van der Waals surface area contributed by atoms with E-state index in [9.17, 15) is 9.59 Å². The number of nitrogens with one attached hydrogen (secondary N) is 1. The van der Waals surface area contributed by atoms with E-state index in [1.165, 1.54) is 14.2 Å². The zero-order valence-corrected chi connectivity index (χ0v) is 13.1. The number of ether oxygens (including phenoxy) is 3. The molecule has 0 fully saturated rings. The van der Waals surface area contributed by atoms with Crippen LogP contribution < -0.4 is 15.0 Å². The summed E-state index contributed by atoms with van der Waals surface area (Å²) in [6.07, 6.45) is -0.517. The molecule has 0 saturated heterocycles.